The lowest BCUT2D eigenvalue weighted by Gasteiger charge is -2.09. The van der Waals surface area contributed by atoms with Crippen LogP contribution >= 0.6 is 0 Å². The molecule has 0 aliphatic heterocycles. The van der Waals surface area contributed by atoms with Gasteiger partial charge in [0.2, 0.25) is 0 Å². The molecule has 0 N–H and O–H groups in total. The van der Waals surface area contributed by atoms with Crippen molar-refractivity contribution < 1.29 is 17.9 Å². The van der Waals surface area contributed by atoms with Crippen molar-refractivity contribution in [1.29, 1.82) is 0 Å². The molecule has 0 saturated heterocycles. The summed E-state index contributed by atoms with van der Waals surface area (Å²) in [6.07, 6.45) is -4.48. The fourth-order valence-electron chi connectivity index (χ4n) is 2.55. The molecule has 0 unspecified atom stereocenters. The molecule has 0 bridgehead atoms. The third-order valence-corrected chi connectivity index (χ3v) is 3.75. The highest BCUT2D eigenvalue weighted by atomic mass is 19.4. The van der Waals surface area contributed by atoms with Gasteiger partial charge in [-0.05, 0) is 37.3 Å². The fourth-order valence-corrected chi connectivity index (χ4v) is 2.55. The van der Waals surface area contributed by atoms with Gasteiger partial charge in [-0.25, -0.2) is 14.0 Å². The highest BCUT2D eigenvalue weighted by molar-refractivity contribution is 5.37. The van der Waals surface area contributed by atoms with Crippen molar-refractivity contribution in [3.63, 3.8) is 0 Å². The zero-order valence-electron chi connectivity index (χ0n) is 13.9. The van der Waals surface area contributed by atoms with E-state index < -0.39 is 17.4 Å². The van der Waals surface area contributed by atoms with Crippen LogP contribution in [0.5, 0.6) is 5.75 Å². The SMILES string of the molecule is Cc1nn(CCOc2ccccc2)c(=O)n1-c1cccc(C(F)(F)F)c1. The summed E-state index contributed by atoms with van der Waals surface area (Å²) in [6, 6.07) is 13.7. The lowest BCUT2D eigenvalue weighted by Crippen LogP contribution is -2.26. The number of hydrogen-bond acceptors (Lipinski definition) is 3. The maximum absolute atomic E-state index is 12.9. The smallest absolute Gasteiger partial charge is 0.416 e. The van der Waals surface area contributed by atoms with Crippen LogP contribution in [0.15, 0.2) is 59.4 Å². The predicted octanol–water partition coefficient (Wildman–Crippen LogP) is 3.44. The van der Waals surface area contributed by atoms with Gasteiger partial charge in [0, 0.05) is 0 Å². The second kappa shape index (κ2) is 7.07. The molecule has 2 aromatic carbocycles. The Morgan fingerprint density at radius 2 is 1.81 bits per heavy atom. The maximum Gasteiger partial charge on any atom is 0.416 e. The largest absolute Gasteiger partial charge is 0.492 e. The quantitative estimate of drug-likeness (QED) is 0.698. The number of ether oxygens (including phenoxy) is 1. The average molecular weight is 363 g/mol. The Hall–Kier alpha value is -3.03. The number of benzene rings is 2. The molecule has 0 aliphatic rings. The minimum atomic E-state index is -4.48. The molecule has 0 radical (unpaired) electrons. The summed E-state index contributed by atoms with van der Waals surface area (Å²) in [4.78, 5) is 12.5. The van der Waals surface area contributed by atoms with Gasteiger partial charge in [0.1, 0.15) is 18.2 Å². The molecule has 136 valence electrons. The Kier molecular flexibility index (Phi) is 4.83. The van der Waals surface area contributed by atoms with Crippen LogP contribution in [0.1, 0.15) is 11.4 Å². The number of aromatic nitrogens is 3. The van der Waals surface area contributed by atoms with Gasteiger partial charge >= 0.3 is 11.9 Å². The molecule has 0 spiro atoms. The fraction of sp³-hybridized carbons (Fsp3) is 0.222. The molecule has 8 heteroatoms. The lowest BCUT2D eigenvalue weighted by atomic mass is 10.2. The maximum atomic E-state index is 12.9. The molecule has 0 saturated carbocycles. The lowest BCUT2D eigenvalue weighted by molar-refractivity contribution is -0.137. The Morgan fingerprint density at radius 1 is 1.08 bits per heavy atom. The van der Waals surface area contributed by atoms with E-state index in [-0.39, 0.29) is 18.8 Å². The van der Waals surface area contributed by atoms with Crippen molar-refractivity contribution in [2.45, 2.75) is 19.6 Å². The number of halogens is 3. The van der Waals surface area contributed by atoms with E-state index in [1.54, 1.807) is 19.1 Å². The highest BCUT2D eigenvalue weighted by Crippen LogP contribution is 2.30. The van der Waals surface area contributed by atoms with Crippen LogP contribution in [-0.2, 0) is 12.7 Å². The van der Waals surface area contributed by atoms with Gasteiger partial charge in [0.05, 0.1) is 17.8 Å². The van der Waals surface area contributed by atoms with Gasteiger partial charge in [0.25, 0.3) is 0 Å². The van der Waals surface area contributed by atoms with Crippen molar-refractivity contribution in [1.82, 2.24) is 14.3 Å². The first-order valence-corrected chi connectivity index (χ1v) is 7.88. The van der Waals surface area contributed by atoms with Crippen molar-refractivity contribution >= 4 is 0 Å². The summed E-state index contributed by atoms with van der Waals surface area (Å²) >= 11 is 0. The van der Waals surface area contributed by atoms with Crippen LogP contribution in [0.3, 0.4) is 0 Å². The second-order valence-electron chi connectivity index (χ2n) is 5.60. The van der Waals surface area contributed by atoms with E-state index in [2.05, 4.69) is 5.10 Å². The van der Waals surface area contributed by atoms with Crippen LogP contribution in [-0.4, -0.2) is 21.0 Å². The van der Waals surface area contributed by atoms with Gasteiger partial charge in [-0.1, -0.05) is 24.3 Å². The number of alkyl halides is 3. The first kappa shape index (κ1) is 17.8. The minimum absolute atomic E-state index is 0.123. The monoisotopic (exact) mass is 363 g/mol. The Morgan fingerprint density at radius 3 is 2.50 bits per heavy atom. The summed E-state index contributed by atoms with van der Waals surface area (Å²) in [5.41, 5.74) is -1.21. The summed E-state index contributed by atoms with van der Waals surface area (Å²) in [5, 5.41) is 4.12. The first-order valence-electron chi connectivity index (χ1n) is 7.88. The van der Waals surface area contributed by atoms with E-state index in [0.717, 1.165) is 16.7 Å². The number of para-hydroxylation sites is 1. The number of rotatable bonds is 5. The topological polar surface area (TPSA) is 49.1 Å². The minimum Gasteiger partial charge on any atom is -0.492 e. The van der Waals surface area contributed by atoms with E-state index in [0.29, 0.717) is 11.6 Å². The van der Waals surface area contributed by atoms with Gasteiger partial charge in [-0.15, -0.1) is 0 Å². The molecular formula is C18H16F3N3O2. The molecule has 3 aromatic rings. The molecule has 5 nitrogen and oxygen atoms in total. The van der Waals surface area contributed by atoms with Crippen molar-refractivity contribution in [3.05, 3.63) is 76.5 Å². The van der Waals surface area contributed by atoms with Crippen LogP contribution in [0.4, 0.5) is 13.2 Å². The second-order valence-corrected chi connectivity index (χ2v) is 5.60. The molecule has 0 amide bonds. The van der Waals surface area contributed by atoms with Crippen LogP contribution in [0.25, 0.3) is 5.69 Å². The zero-order valence-corrected chi connectivity index (χ0v) is 13.9. The highest BCUT2D eigenvalue weighted by Gasteiger charge is 2.30. The van der Waals surface area contributed by atoms with Crippen LogP contribution in [0, 0.1) is 6.92 Å². The normalized spacial score (nSPS) is 11.5. The summed E-state index contributed by atoms with van der Waals surface area (Å²) in [6.45, 7) is 1.96. The van der Waals surface area contributed by atoms with Gasteiger partial charge in [-0.2, -0.15) is 18.3 Å². The molecule has 0 fully saturated rings. The summed E-state index contributed by atoms with van der Waals surface area (Å²) in [7, 11) is 0. The molecule has 1 aromatic heterocycles. The first-order chi connectivity index (χ1) is 12.4. The standard InChI is InChI=1S/C18H16F3N3O2/c1-13-22-23(10-11-26-16-8-3-2-4-9-16)17(25)24(13)15-7-5-6-14(12-15)18(19,20)21/h2-9,12H,10-11H2,1H3. The molecule has 26 heavy (non-hydrogen) atoms. The Labute approximate surface area is 147 Å². The predicted molar refractivity (Wildman–Crippen MR) is 89.5 cm³/mol. The molecule has 3 rings (SSSR count). The number of hydrogen-bond donors (Lipinski definition) is 0. The molecular weight excluding hydrogens is 347 g/mol. The average Bonchev–Trinajstić information content (AvgIpc) is 2.89. The van der Waals surface area contributed by atoms with Gasteiger partial charge in [-0.3, -0.25) is 0 Å². The van der Waals surface area contributed by atoms with Crippen molar-refractivity contribution in [2.75, 3.05) is 6.61 Å². The van der Waals surface area contributed by atoms with E-state index in [9.17, 15) is 18.0 Å². The van der Waals surface area contributed by atoms with Crippen molar-refractivity contribution in [3.8, 4) is 11.4 Å². The zero-order chi connectivity index (χ0) is 18.7. The van der Waals surface area contributed by atoms with E-state index in [1.807, 2.05) is 18.2 Å². The Bertz CT molecular complexity index is 946. The molecule has 0 aliphatic carbocycles. The third kappa shape index (κ3) is 3.79. The summed E-state index contributed by atoms with van der Waals surface area (Å²) in [5.74, 6) is 0.962. The Balaban J connectivity index is 1.81. The van der Waals surface area contributed by atoms with E-state index >= 15 is 0 Å². The van der Waals surface area contributed by atoms with Crippen LogP contribution < -0.4 is 10.4 Å². The number of aryl methyl sites for hydroxylation is 1. The molecule has 1 heterocycles. The van der Waals surface area contributed by atoms with Gasteiger partial charge in [0.15, 0.2) is 0 Å². The van der Waals surface area contributed by atoms with Crippen LogP contribution in [0.2, 0.25) is 0 Å². The summed E-state index contributed by atoms with van der Waals surface area (Å²) < 4.78 is 46.5. The third-order valence-electron chi connectivity index (χ3n) is 3.75. The van der Waals surface area contributed by atoms with Crippen molar-refractivity contribution in [2.24, 2.45) is 0 Å². The molecule has 0 atom stereocenters. The van der Waals surface area contributed by atoms with E-state index in [1.165, 1.54) is 16.8 Å². The number of nitrogens with zero attached hydrogens (tertiary/aromatic N) is 3. The van der Waals surface area contributed by atoms with Gasteiger partial charge < -0.3 is 4.74 Å². The van der Waals surface area contributed by atoms with E-state index in [4.69, 9.17) is 4.74 Å².